The first-order chi connectivity index (χ1) is 12.6. The van der Waals surface area contributed by atoms with Crippen molar-refractivity contribution in [3.05, 3.63) is 35.9 Å². The summed E-state index contributed by atoms with van der Waals surface area (Å²) in [5, 5.41) is 0. The van der Waals surface area contributed by atoms with Crippen molar-refractivity contribution in [3.63, 3.8) is 0 Å². The molecule has 1 aromatic carbocycles. The topological polar surface area (TPSA) is 29.5 Å². The molecule has 3 nitrogen and oxygen atoms in total. The molecule has 4 bridgehead atoms. The van der Waals surface area contributed by atoms with Crippen LogP contribution < -0.4 is 0 Å². The van der Waals surface area contributed by atoms with Gasteiger partial charge in [-0.3, -0.25) is 4.79 Å². The summed E-state index contributed by atoms with van der Waals surface area (Å²) in [5.41, 5.74) is 1.14. The number of esters is 1. The van der Waals surface area contributed by atoms with Gasteiger partial charge in [0.25, 0.3) is 0 Å². The van der Waals surface area contributed by atoms with E-state index >= 15 is 0 Å². The summed E-state index contributed by atoms with van der Waals surface area (Å²) in [6.45, 7) is 1.02. The summed E-state index contributed by atoms with van der Waals surface area (Å²) >= 11 is 0. The van der Waals surface area contributed by atoms with Gasteiger partial charge in [-0.2, -0.15) is 0 Å². The normalized spacial score (nSPS) is 42.9. The van der Waals surface area contributed by atoms with E-state index in [1.807, 2.05) is 18.2 Å². The van der Waals surface area contributed by atoms with Gasteiger partial charge in [0.15, 0.2) is 0 Å². The van der Waals surface area contributed by atoms with Crippen molar-refractivity contribution in [1.82, 2.24) is 4.90 Å². The van der Waals surface area contributed by atoms with Crippen LogP contribution in [-0.2, 0) is 14.9 Å². The van der Waals surface area contributed by atoms with Crippen LogP contribution in [0.2, 0.25) is 0 Å². The van der Waals surface area contributed by atoms with Crippen LogP contribution in [0.15, 0.2) is 30.3 Å². The van der Waals surface area contributed by atoms with Crippen LogP contribution in [0, 0.1) is 23.7 Å². The summed E-state index contributed by atoms with van der Waals surface area (Å²) in [7, 11) is 3.86. The number of hydrogen-bond acceptors (Lipinski definition) is 3. The van der Waals surface area contributed by atoms with Gasteiger partial charge in [-0.1, -0.05) is 30.3 Å². The van der Waals surface area contributed by atoms with Crippen molar-refractivity contribution in [1.29, 1.82) is 0 Å². The second-order valence-corrected chi connectivity index (χ2v) is 9.75. The fourth-order valence-corrected chi connectivity index (χ4v) is 7.25. The molecular formula is C23H31NO2. The minimum absolute atomic E-state index is 0.0485. The smallest absolute Gasteiger partial charge is 0.316 e. The standard InChI is InChI=1S/C23H31NO2/c1-24(22-11-16-8-17(12-22)10-18(9-16)13-22)15-20-14-23(20,21(25)26-2)19-6-4-3-5-7-19/h3-7,16-18,20H,8-15H2,1-2H3/t16?,17?,18?,20-,22?,23+/m1/s1/i1-1. The molecule has 26 heavy (non-hydrogen) atoms. The molecule has 0 amide bonds. The lowest BCUT2D eigenvalue weighted by Gasteiger charge is -2.60. The molecule has 5 fully saturated rings. The molecule has 0 radical (unpaired) electrons. The summed E-state index contributed by atoms with van der Waals surface area (Å²) < 4.78 is 5.24. The average molecular weight is 353 g/mol. The molecular weight excluding hydrogens is 321 g/mol. The molecule has 5 saturated carbocycles. The zero-order valence-corrected chi connectivity index (χ0v) is 16.1. The molecule has 0 aliphatic heterocycles. The monoisotopic (exact) mass is 352 g/mol. The molecule has 5 aliphatic rings. The zero-order chi connectivity index (χ0) is 17.9. The van der Waals surface area contributed by atoms with Gasteiger partial charge in [0.1, 0.15) is 0 Å². The van der Waals surface area contributed by atoms with Crippen molar-refractivity contribution in [2.75, 3.05) is 20.7 Å². The van der Waals surface area contributed by atoms with Gasteiger partial charge < -0.3 is 9.64 Å². The molecule has 0 N–H and O–H groups in total. The highest BCUT2D eigenvalue weighted by atomic mass is 16.5. The summed E-state index contributed by atoms with van der Waals surface area (Å²) in [6, 6.07) is 10.3. The quantitative estimate of drug-likeness (QED) is 0.750. The van der Waals surface area contributed by atoms with E-state index in [1.54, 1.807) is 0 Å². The first-order valence-electron chi connectivity index (χ1n) is 10.4. The highest BCUT2D eigenvalue weighted by molar-refractivity contribution is 5.87. The van der Waals surface area contributed by atoms with Gasteiger partial charge >= 0.3 is 5.97 Å². The van der Waals surface area contributed by atoms with Crippen molar-refractivity contribution < 1.29 is 9.53 Å². The van der Waals surface area contributed by atoms with E-state index in [4.69, 9.17) is 4.74 Å². The van der Waals surface area contributed by atoms with Crippen LogP contribution in [0.1, 0.15) is 50.5 Å². The number of hydrogen-bond donors (Lipinski definition) is 0. The number of carbonyl (C=O) groups is 1. The maximum atomic E-state index is 12.7. The third-order valence-corrected chi connectivity index (χ3v) is 8.25. The molecule has 0 aromatic heterocycles. The molecule has 3 heteroatoms. The Bertz CT molecular complexity index is 664. The summed E-state index contributed by atoms with van der Waals surface area (Å²) in [4.78, 5) is 15.4. The van der Waals surface area contributed by atoms with Crippen molar-refractivity contribution in [3.8, 4) is 0 Å². The number of benzene rings is 1. The fraction of sp³-hybridized carbons (Fsp3) is 0.696. The molecule has 0 spiro atoms. The predicted octanol–water partition coefficient (Wildman–Crippen LogP) is 4.02. The average Bonchev–Trinajstić information content (AvgIpc) is 3.35. The van der Waals surface area contributed by atoms with Crippen molar-refractivity contribution in [2.45, 2.75) is 55.9 Å². The van der Waals surface area contributed by atoms with E-state index in [-0.39, 0.29) is 5.97 Å². The fourth-order valence-electron chi connectivity index (χ4n) is 7.25. The number of methoxy groups -OCH3 is 1. The van der Waals surface area contributed by atoms with E-state index in [9.17, 15) is 4.79 Å². The molecule has 0 saturated heterocycles. The second-order valence-electron chi connectivity index (χ2n) is 9.75. The van der Waals surface area contributed by atoms with Crippen LogP contribution in [-0.4, -0.2) is 37.1 Å². The minimum Gasteiger partial charge on any atom is -0.468 e. The lowest BCUT2D eigenvalue weighted by atomic mass is 9.52. The SMILES string of the molecule is COC(=O)[C@]1(c2ccccc2)C[C@@H]1CN([11CH3])C12CC3CC(CC(C3)C1)C2. The summed E-state index contributed by atoms with van der Waals surface area (Å²) in [5.74, 6) is 3.22. The molecule has 5 aliphatic carbocycles. The Labute approximate surface area is 157 Å². The van der Waals surface area contributed by atoms with E-state index in [0.29, 0.717) is 11.5 Å². The number of nitrogens with zero attached hydrogens (tertiary/aromatic N) is 1. The number of ether oxygens (including phenoxy) is 1. The van der Waals surface area contributed by atoms with E-state index in [1.165, 1.54) is 45.6 Å². The first-order valence-corrected chi connectivity index (χ1v) is 10.4. The molecule has 140 valence electrons. The van der Waals surface area contributed by atoms with Crippen molar-refractivity contribution in [2.24, 2.45) is 23.7 Å². The number of rotatable bonds is 5. The molecule has 1 aromatic rings. The maximum Gasteiger partial charge on any atom is 0.316 e. The van der Waals surface area contributed by atoms with Gasteiger partial charge in [0.2, 0.25) is 0 Å². The zero-order valence-electron chi connectivity index (χ0n) is 16.1. The lowest BCUT2D eigenvalue weighted by molar-refractivity contribution is -0.144. The Morgan fingerprint density at radius 2 is 1.62 bits per heavy atom. The minimum atomic E-state index is -0.410. The van der Waals surface area contributed by atoms with Crippen LogP contribution in [0.4, 0.5) is 0 Å². The summed E-state index contributed by atoms with van der Waals surface area (Å²) in [6.07, 6.45) is 9.53. The third kappa shape index (κ3) is 2.39. The Morgan fingerprint density at radius 3 is 2.15 bits per heavy atom. The van der Waals surface area contributed by atoms with Gasteiger partial charge in [-0.15, -0.1) is 0 Å². The van der Waals surface area contributed by atoms with Gasteiger partial charge in [0, 0.05) is 12.1 Å². The largest absolute Gasteiger partial charge is 0.468 e. The number of carbonyl (C=O) groups excluding carboxylic acids is 1. The van der Waals surface area contributed by atoms with E-state index in [2.05, 4.69) is 24.1 Å². The van der Waals surface area contributed by atoms with E-state index in [0.717, 1.165) is 36.3 Å². The molecule has 0 heterocycles. The Balaban J connectivity index is 1.36. The van der Waals surface area contributed by atoms with Crippen LogP contribution in [0.25, 0.3) is 0 Å². The van der Waals surface area contributed by atoms with E-state index < -0.39 is 5.41 Å². The predicted molar refractivity (Wildman–Crippen MR) is 102 cm³/mol. The molecule has 0 unspecified atom stereocenters. The van der Waals surface area contributed by atoms with Gasteiger partial charge in [-0.25, -0.2) is 0 Å². The van der Waals surface area contributed by atoms with Crippen LogP contribution in [0.5, 0.6) is 0 Å². The molecule has 6 rings (SSSR count). The van der Waals surface area contributed by atoms with Gasteiger partial charge in [-0.05, 0) is 81.2 Å². The van der Waals surface area contributed by atoms with Crippen molar-refractivity contribution >= 4 is 5.97 Å². The van der Waals surface area contributed by atoms with Gasteiger partial charge in [0.05, 0.1) is 12.5 Å². The first kappa shape index (κ1) is 16.8. The third-order valence-electron chi connectivity index (χ3n) is 8.25. The highest BCUT2D eigenvalue weighted by Gasteiger charge is 2.63. The van der Waals surface area contributed by atoms with Crippen LogP contribution >= 0.6 is 0 Å². The second kappa shape index (κ2) is 5.82. The lowest BCUT2D eigenvalue weighted by Crippen LogP contribution is -2.59. The Morgan fingerprint density at radius 1 is 1.04 bits per heavy atom. The van der Waals surface area contributed by atoms with Crippen LogP contribution in [0.3, 0.4) is 0 Å². The Kier molecular flexibility index (Phi) is 3.76. The highest BCUT2D eigenvalue weighted by Crippen LogP contribution is 2.60. The maximum absolute atomic E-state index is 12.7. The molecule has 2 atom stereocenters. The Hall–Kier alpha value is -1.35.